The molecule has 1 heteroatoms. The molecule has 1 atom stereocenters. The zero-order valence-corrected chi connectivity index (χ0v) is 11.5. The minimum Gasteiger partial charge on any atom is -0.330 e. The van der Waals surface area contributed by atoms with Crippen molar-refractivity contribution >= 4 is 0 Å². The third-order valence-corrected chi connectivity index (χ3v) is 7.32. The number of rotatable bonds is 2. The van der Waals surface area contributed by atoms with Gasteiger partial charge in [0.15, 0.2) is 0 Å². The highest BCUT2D eigenvalue weighted by Crippen LogP contribution is 2.79. The lowest BCUT2D eigenvalue weighted by Crippen LogP contribution is -2.53. The van der Waals surface area contributed by atoms with E-state index in [0.29, 0.717) is 16.2 Å². The molecule has 0 spiro atoms. The van der Waals surface area contributed by atoms with Crippen LogP contribution in [0.4, 0.5) is 0 Å². The smallest absolute Gasteiger partial charge is 0.000986 e. The maximum absolute atomic E-state index is 6.27. The second-order valence-corrected chi connectivity index (χ2v) is 8.54. The van der Waals surface area contributed by atoms with Gasteiger partial charge in [-0.1, -0.05) is 13.8 Å². The molecular formula is C16H27N. The first kappa shape index (κ1) is 10.8. The standard InChI is InChI=1S/C16H27N/c1-14(2)9-16(14,10-17)15-6-11-3-12(7-15)5-13(4-11)8-15/h11-13H,3-10,17H2,1-2H3. The fourth-order valence-corrected chi connectivity index (χ4v) is 6.88. The Bertz CT molecular complexity index is 321. The summed E-state index contributed by atoms with van der Waals surface area (Å²) in [4.78, 5) is 0. The first-order valence-corrected chi connectivity index (χ1v) is 7.70. The highest BCUT2D eigenvalue weighted by molar-refractivity contribution is 5.22. The number of hydrogen-bond acceptors (Lipinski definition) is 1. The lowest BCUT2D eigenvalue weighted by Gasteiger charge is -2.61. The third kappa shape index (κ3) is 1.15. The van der Waals surface area contributed by atoms with Gasteiger partial charge in [0, 0.05) is 0 Å². The van der Waals surface area contributed by atoms with Gasteiger partial charge in [0.05, 0.1) is 0 Å². The van der Waals surface area contributed by atoms with E-state index in [0.717, 1.165) is 24.3 Å². The summed E-state index contributed by atoms with van der Waals surface area (Å²) in [7, 11) is 0. The van der Waals surface area contributed by atoms with Crippen LogP contribution in [0.2, 0.25) is 0 Å². The molecule has 0 aromatic heterocycles. The van der Waals surface area contributed by atoms with Crippen molar-refractivity contribution in [2.45, 2.75) is 58.8 Å². The Morgan fingerprint density at radius 2 is 1.35 bits per heavy atom. The van der Waals surface area contributed by atoms with E-state index in [-0.39, 0.29) is 0 Å². The molecule has 0 aromatic rings. The monoisotopic (exact) mass is 233 g/mol. The summed E-state index contributed by atoms with van der Waals surface area (Å²) in [5.74, 6) is 3.21. The second-order valence-electron chi connectivity index (χ2n) is 8.54. The molecule has 5 fully saturated rings. The first-order chi connectivity index (χ1) is 8.00. The molecule has 5 aliphatic rings. The van der Waals surface area contributed by atoms with Crippen LogP contribution in [0, 0.1) is 34.0 Å². The van der Waals surface area contributed by atoms with Gasteiger partial charge in [-0.2, -0.15) is 0 Å². The van der Waals surface area contributed by atoms with Crippen LogP contribution < -0.4 is 5.73 Å². The van der Waals surface area contributed by atoms with Gasteiger partial charge < -0.3 is 5.73 Å². The summed E-state index contributed by atoms with van der Waals surface area (Å²) in [6.07, 6.45) is 10.7. The molecule has 0 amide bonds. The summed E-state index contributed by atoms with van der Waals surface area (Å²) in [5, 5.41) is 0. The van der Waals surface area contributed by atoms with Crippen LogP contribution in [0.5, 0.6) is 0 Å². The van der Waals surface area contributed by atoms with Crippen molar-refractivity contribution in [1.82, 2.24) is 0 Å². The summed E-state index contributed by atoms with van der Waals surface area (Å²) < 4.78 is 0. The highest BCUT2D eigenvalue weighted by atomic mass is 14.8. The molecule has 1 unspecified atom stereocenters. The molecule has 4 bridgehead atoms. The van der Waals surface area contributed by atoms with Crippen LogP contribution in [0.1, 0.15) is 58.8 Å². The average Bonchev–Trinajstić information content (AvgIpc) is 2.81. The van der Waals surface area contributed by atoms with Crippen LogP contribution in [-0.2, 0) is 0 Å². The van der Waals surface area contributed by atoms with Gasteiger partial charge >= 0.3 is 0 Å². The van der Waals surface area contributed by atoms with E-state index < -0.39 is 0 Å². The second kappa shape index (κ2) is 2.92. The Kier molecular flexibility index (Phi) is 1.86. The Balaban J connectivity index is 1.73. The van der Waals surface area contributed by atoms with Crippen LogP contribution in [0.15, 0.2) is 0 Å². The maximum Gasteiger partial charge on any atom is -0.000986 e. The Labute approximate surface area is 106 Å². The van der Waals surface area contributed by atoms with Gasteiger partial charge in [-0.3, -0.25) is 0 Å². The topological polar surface area (TPSA) is 26.0 Å². The van der Waals surface area contributed by atoms with E-state index in [1.165, 1.54) is 25.7 Å². The third-order valence-electron chi connectivity index (χ3n) is 7.32. The van der Waals surface area contributed by atoms with Crippen LogP contribution in [0.25, 0.3) is 0 Å². The molecule has 5 aliphatic carbocycles. The van der Waals surface area contributed by atoms with Gasteiger partial charge in [0.1, 0.15) is 0 Å². The summed E-state index contributed by atoms with van der Waals surface area (Å²) in [6.45, 7) is 5.89. The zero-order chi connectivity index (χ0) is 11.9. The van der Waals surface area contributed by atoms with Crippen molar-refractivity contribution in [3.8, 4) is 0 Å². The molecule has 5 saturated carbocycles. The van der Waals surface area contributed by atoms with Crippen molar-refractivity contribution in [3.05, 3.63) is 0 Å². The van der Waals surface area contributed by atoms with E-state index in [1.807, 2.05) is 0 Å². The lowest BCUT2D eigenvalue weighted by atomic mass is 9.44. The summed E-state index contributed by atoms with van der Waals surface area (Å²) in [5.41, 5.74) is 7.99. The highest BCUT2D eigenvalue weighted by Gasteiger charge is 2.72. The van der Waals surface area contributed by atoms with Gasteiger partial charge in [0.25, 0.3) is 0 Å². The zero-order valence-electron chi connectivity index (χ0n) is 11.5. The molecule has 0 saturated heterocycles. The molecule has 0 radical (unpaired) electrons. The van der Waals surface area contributed by atoms with E-state index in [1.54, 1.807) is 19.3 Å². The van der Waals surface area contributed by atoms with Crippen molar-refractivity contribution in [2.24, 2.45) is 39.7 Å². The molecule has 2 N–H and O–H groups in total. The molecule has 0 heterocycles. The maximum atomic E-state index is 6.27. The van der Waals surface area contributed by atoms with Crippen LogP contribution >= 0.6 is 0 Å². The fraction of sp³-hybridized carbons (Fsp3) is 1.00. The number of hydrogen-bond donors (Lipinski definition) is 1. The van der Waals surface area contributed by atoms with Crippen molar-refractivity contribution in [1.29, 1.82) is 0 Å². The predicted molar refractivity (Wildman–Crippen MR) is 70.5 cm³/mol. The van der Waals surface area contributed by atoms with Gasteiger partial charge in [-0.05, 0) is 85.5 Å². The molecule has 17 heavy (non-hydrogen) atoms. The van der Waals surface area contributed by atoms with Crippen molar-refractivity contribution in [2.75, 3.05) is 6.54 Å². The molecule has 96 valence electrons. The minimum atomic E-state index is 0.524. The molecule has 1 nitrogen and oxygen atoms in total. The van der Waals surface area contributed by atoms with Gasteiger partial charge in [-0.15, -0.1) is 0 Å². The summed E-state index contributed by atoms with van der Waals surface area (Å²) in [6, 6.07) is 0. The fourth-order valence-electron chi connectivity index (χ4n) is 6.88. The van der Waals surface area contributed by atoms with Gasteiger partial charge in [-0.25, -0.2) is 0 Å². The van der Waals surface area contributed by atoms with E-state index in [4.69, 9.17) is 5.73 Å². The molecule has 0 aromatic carbocycles. The van der Waals surface area contributed by atoms with E-state index in [9.17, 15) is 0 Å². The normalized spacial score (nSPS) is 58.4. The Morgan fingerprint density at radius 1 is 0.941 bits per heavy atom. The van der Waals surface area contributed by atoms with Crippen molar-refractivity contribution < 1.29 is 0 Å². The molecule has 5 rings (SSSR count). The van der Waals surface area contributed by atoms with Crippen molar-refractivity contribution in [3.63, 3.8) is 0 Å². The van der Waals surface area contributed by atoms with Crippen LogP contribution in [-0.4, -0.2) is 6.54 Å². The Morgan fingerprint density at radius 3 is 1.65 bits per heavy atom. The average molecular weight is 233 g/mol. The summed E-state index contributed by atoms with van der Waals surface area (Å²) >= 11 is 0. The van der Waals surface area contributed by atoms with E-state index >= 15 is 0 Å². The largest absolute Gasteiger partial charge is 0.330 e. The SMILES string of the molecule is CC1(C)CC1(CN)C12CC3CC(CC(C3)C1)C2. The van der Waals surface area contributed by atoms with E-state index in [2.05, 4.69) is 13.8 Å². The first-order valence-electron chi connectivity index (χ1n) is 7.70. The Hall–Kier alpha value is -0.0400. The quantitative estimate of drug-likeness (QED) is 0.775. The minimum absolute atomic E-state index is 0.524. The van der Waals surface area contributed by atoms with Crippen LogP contribution in [0.3, 0.4) is 0 Å². The van der Waals surface area contributed by atoms with Gasteiger partial charge in [0.2, 0.25) is 0 Å². The number of nitrogens with two attached hydrogens (primary N) is 1. The lowest BCUT2D eigenvalue weighted by molar-refractivity contribution is -0.104. The molecular weight excluding hydrogens is 206 g/mol. The molecule has 0 aliphatic heterocycles. The predicted octanol–water partition coefficient (Wildman–Crippen LogP) is 3.58.